The molecule has 0 bridgehead atoms. The van der Waals surface area contributed by atoms with E-state index in [2.05, 4.69) is 5.32 Å². The number of carbonyl (C=O) groups excluding carboxylic acids is 2. The van der Waals surface area contributed by atoms with Gasteiger partial charge in [-0.05, 0) is 61.7 Å². The summed E-state index contributed by atoms with van der Waals surface area (Å²) < 4.78 is 5.50. The van der Waals surface area contributed by atoms with E-state index in [4.69, 9.17) is 4.74 Å². The highest BCUT2D eigenvalue weighted by Gasteiger charge is 2.34. The van der Waals surface area contributed by atoms with Gasteiger partial charge < -0.3 is 10.1 Å². The first-order chi connectivity index (χ1) is 13.7. The lowest BCUT2D eigenvalue weighted by molar-refractivity contribution is -0.122. The molecule has 0 aromatic heterocycles. The Bertz CT molecular complexity index is 864. The first kappa shape index (κ1) is 18.9. The van der Waals surface area contributed by atoms with Gasteiger partial charge in [0.1, 0.15) is 11.1 Å². The Morgan fingerprint density at radius 1 is 1.21 bits per heavy atom. The summed E-state index contributed by atoms with van der Waals surface area (Å²) in [6.45, 7) is 2.56. The van der Waals surface area contributed by atoms with Crippen molar-refractivity contribution >= 4 is 35.0 Å². The molecule has 2 fully saturated rings. The molecule has 2 aromatic carbocycles. The van der Waals surface area contributed by atoms with Crippen molar-refractivity contribution in [3.63, 3.8) is 0 Å². The molecule has 4 rings (SSSR count). The third-order valence-electron chi connectivity index (χ3n) is 5.21. The fourth-order valence-corrected chi connectivity index (χ4v) is 4.67. The van der Waals surface area contributed by atoms with Gasteiger partial charge in [-0.2, -0.15) is 0 Å². The molecule has 2 amide bonds. The van der Waals surface area contributed by atoms with Gasteiger partial charge in [0, 0.05) is 17.3 Å². The summed E-state index contributed by atoms with van der Waals surface area (Å²) >= 11 is 1.60. The molecule has 0 spiro atoms. The van der Waals surface area contributed by atoms with Crippen LogP contribution in [0.1, 0.15) is 37.1 Å². The minimum absolute atomic E-state index is 0.0862. The Labute approximate surface area is 169 Å². The molecule has 28 heavy (non-hydrogen) atoms. The lowest BCUT2D eigenvalue weighted by Crippen LogP contribution is -2.29. The minimum atomic E-state index is -0.106. The highest BCUT2D eigenvalue weighted by atomic mass is 32.2. The van der Waals surface area contributed by atoms with Gasteiger partial charge in [0.25, 0.3) is 0 Å². The number of carbonyl (C=O) groups is 2. The predicted molar refractivity (Wildman–Crippen MR) is 113 cm³/mol. The first-order valence-corrected chi connectivity index (χ1v) is 10.8. The van der Waals surface area contributed by atoms with Gasteiger partial charge in [0.2, 0.25) is 11.8 Å². The Balaban J connectivity index is 1.54. The van der Waals surface area contributed by atoms with Crippen molar-refractivity contribution in [2.75, 3.05) is 22.6 Å². The Kier molecular flexibility index (Phi) is 5.57. The third kappa shape index (κ3) is 3.87. The van der Waals surface area contributed by atoms with Gasteiger partial charge in [-0.25, -0.2) is 0 Å². The summed E-state index contributed by atoms with van der Waals surface area (Å²) in [4.78, 5) is 26.7. The van der Waals surface area contributed by atoms with Crippen molar-refractivity contribution in [1.82, 2.24) is 0 Å². The van der Waals surface area contributed by atoms with E-state index in [0.717, 1.165) is 42.0 Å². The number of hydrogen-bond acceptors (Lipinski definition) is 4. The molecule has 1 N–H and O–H groups in total. The van der Waals surface area contributed by atoms with Crippen molar-refractivity contribution in [2.45, 2.75) is 31.6 Å². The fraction of sp³-hybridized carbons (Fsp3) is 0.364. The monoisotopic (exact) mass is 396 g/mol. The molecule has 1 atom stereocenters. The van der Waals surface area contributed by atoms with Crippen LogP contribution in [0.5, 0.6) is 5.75 Å². The number of nitrogens with zero attached hydrogens (tertiary/aromatic N) is 1. The van der Waals surface area contributed by atoms with E-state index in [0.29, 0.717) is 12.4 Å². The molecule has 1 saturated heterocycles. The molecule has 2 aromatic rings. The van der Waals surface area contributed by atoms with E-state index in [9.17, 15) is 9.59 Å². The number of thioether (sulfide) groups is 1. The van der Waals surface area contributed by atoms with Crippen LogP contribution >= 0.6 is 11.8 Å². The van der Waals surface area contributed by atoms with Crippen molar-refractivity contribution < 1.29 is 14.3 Å². The maximum absolute atomic E-state index is 12.6. The van der Waals surface area contributed by atoms with E-state index >= 15 is 0 Å². The molecule has 5 nitrogen and oxygen atoms in total. The molecule has 6 heteroatoms. The van der Waals surface area contributed by atoms with Gasteiger partial charge in [0.05, 0.1) is 12.4 Å². The molecule has 1 saturated carbocycles. The van der Waals surface area contributed by atoms with Crippen LogP contribution in [-0.4, -0.2) is 24.2 Å². The van der Waals surface area contributed by atoms with Gasteiger partial charge in [-0.1, -0.05) is 18.6 Å². The van der Waals surface area contributed by atoms with Gasteiger partial charge in [0.15, 0.2) is 0 Å². The van der Waals surface area contributed by atoms with Crippen molar-refractivity contribution in [3.8, 4) is 5.75 Å². The maximum atomic E-state index is 12.6. The fourth-order valence-electron chi connectivity index (χ4n) is 3.50. The summed E-state index contributed by atoms with van der Waals surface area (Å²) in [5, 5.41) is 2.92. The van der Waals surface area contributed by atoms with Crippen molar-refractivity contribution in [3.05, 3.63) is 54.1 Å². The average Bonchev–Trinajstić information content (AvgIpc) is 3.03. The molecule has 0 unspecified atom stereocenters. The van der Waals surface area contributed by atoms with Crippen molar-refractivity contribution in [2.24, 2.45) is 5.92 Å². The van der Waals surface area contributed by atoms with Gasteiger partial charge in [-0.15, -0.1) is 11.8 Å². The minimum Gasteiger partial charge on any atom is -0.494 e. The largest absolute Gasteiger partial charge is 0.494 e. The molecule has 1 aliphatic carbocycles. The number of hydrogen-bond donors (Lipinski definition) is 1. The SMILES string of the molecule is CCOc1ccc(N2C(=O)CS[C@H]2c2cccc(NC(=O)C3CCC3)c2)cc1. The Hall–Kier alpha value is -2.47. The molecule has 1 heterocycles. The number of ether oxygens (including phenoxy) is 1. The van der Waals surface area contributed by atoms with Crippen LogP contribution in [0.15, 0.2) is 48.5 Å². The van der Waals surface area contributed by atoms with Crippen LogP contribution in [0.2, 0.25) is 0 Å². The first-order valence-electron chi connectivity index (χ1n) is 9.73. The van der Waals surface area contributed by atoms with Gasteiger partial charge >= 0.3 is 0 Å². The molecule has 0 radical (unpaired) electrons. The second kappa shape index (κ2) is 8.27. The zero-order valence-corrected chi connectivity index (χ0v) is 16.7. The standard InChI is InChI=1S/C22H24N2O3S/c1-2-27-19-11-9-18(10-12-19)24-20(25)14-28-22(24)16-7-4-8-17(13-16)23-21(26)15-5-3-6-15/h4,7-13,15,22H,2-3,5-6,14H2,1H3,(H,23,26)/t22-/m0/s1. The number of nitrogens with one attached hydrogen (secondary N) is 1. The topological polar surface area (TPSA) is 58.6 Å². The summed E-state index contributed by atoms with van der Waals surface area (Å²) in [6, 6.07) is 15.5. The van der Waals surface area contributed by atoms with E-state index in [1.807, 2.05) is 60.4 Å². The summed E-state index contributed by atoms with van der Waals surface area (Å²) in [5.41, 5.74) is 2.66. The third-order valence-corrected chi connectivity index (χ3v) is 6.42. The van der Waals surface area contributed by atoms with E-state index < -0.39 is 0 Å². The second-order valence-electron chi connectivity index (χ2n) is 7.10. The predicted octanol–water partition coefficient (Wildman–Crippen LogP) is 4.60. The van der Waals surface area contributed by atoms with Gasteiger partial charge in [-0.3, -0.25) is 14.5 Å². The smallest absolute Gasteiger partial charge is 0.238 e. The zero-order chi connectivity index (χ0) is 19.5. The molecule has 146 valence electrons. The molecule has 2 aliphatic rings. The number of rotatable bonds is 6. The van der Waals surface area contributed by atoms with E-state index in [-0.39, 0.29) is 23.1 Å². The van der Waals surface area contributed by atoms with Crippen LogP contribution in [0.25, 0.3) is 0 Å². The molecule has 1 aliphatic heterocycles. The number of anilines is 2. The molecular formula is C22H24N2O3S. The number of amides is 2. The summed E-state index contributed by atoms with van der Waals surface area (Å²) in [5.74, 6) is 1.57. The Morgan fingerprint density at radius 2 is 2.00 bits per heavy atom. The lowest BCUT2D eigenvalue weighted by Gasteiger charge is -2.26. The highest BCUT2D eigenvalue weighted by molar-refractivity contribution is 8.00. The Morgan fingerprint density at radius 3 is 2.68 bits per heavy atom. The summed E-state index contributed by atoms with van der Waals surface area (Å²) in [7, 11) is 0. The van der Waals surface area contributed by atoms with Crippen LogP contribution in [-0.2, 0) is 9.59 Å². The number of benzene rings is 2. The van der Waals surface area contributed by atoms with Crippen LogP contribution in [0.3, 0.4) is 0 Å². The van der Waals surface area contributed by atoms with E-state index in [1.165, 1.54) is 0 Å². The normalized spacial score (nSPS) is 19.4. The van der Waals surface area contributed by atoms with Crippen molar-refractivity contribution in [1.29, 1.82) is 0 Å². The second-order valence-corrected chi connectivity index (χ2v) is 8.17. The molecular weight excluding hydrogens is 372 g/mol. The summed E-state index contributed by atoms with van der Waals surface area (Å²) in [6.07, 6.45) is 3.09. The van der Waals surface area contributed by atoms with Crippen LogP contribution in [0, 0.1) is 5.92 Å². The lowest BCUT2D eigenvalue weighted by atomic mass is 9.85. The average molecular weight is 397 g/mol. The highest BCUT2D eigenvalue weighted by Crippen LogP contribution is 2.42. The van der Waals surface area contributed by atoms with Crippen LogP contribution in [0.4, 0.5) is 11.4 Å². The quantitative estimate of drug-likeness (QED) is 0.775. The van der Waals surface area contributed by atoms with Crippen LogP contribution < -0.4 is 15.0 Å². The maximum Gasteiger partial charge on any atom is 0.238 e. The van der Waals surface area contributed by atoms with E-state index in [1.54, 1.807) is 11.8 Å². The zero-order valence-electron chi connectivity index (χ0n) is 15.9.